The predicted octanol–water partition coefficient (Wildman–Crippen LogP) is -1.82. The molecule has 2 amide bonds. The van der Waals surface area contributed by atoms with Gasteiger partial charge in [0.1, 0.15) is 6.04 Å². The van der Waals surface area contributed by atoms with E-state index in [-0.39, 0.29) is 0 Å². The molecular weight excluding hydrogens is 176 g/mol. The maximum absolute atomic E-state index is 10.7. The number of hydrogen-bond acceptors (Lipinski definition) is 5. The normalized spacial score (nSPS) is 11.8. The summed E-state index contributed by atoms with van der Waals surface area (Å²) in [6.07, 6.45) is 0.926. The van der Waals surface area contributed by atoms with Crippen molar-refractivity contribution in [3.63, 3.8) is 0 Å². The largest absolute Gasteiger partial charge is 0.372 e. The van der Waals surface area contributed by atoms with E-state index in [1.54, 1.807) is 0 Å². The average molecular weight is 190 g/mol. The second-order valence-corrected chi connectivity index (χ2v) is 2.48. The Morgan fingerprint density at radius 2 is 2.08 bits per heavy atom. The molecule has 0 aromatic heterocycles. The van der Waals surface area contributed by atoms with E-state index in [0.29, 0.717) is 19.4 Å². The van der Waals surface area contributed by atoms with Crippen LogP contribution in [0.25, 0.3) is 0 Å². The fraction of sp³-hybridized carbons (Fsp3) is 0.667. The molecule has 0 fully saturated rings. The summed E-state index contributed by atoms with van der Waals surface area (Å²) in [7, 11) is 0. The molecule has 7 nitrogen and oxygen atoms in total. The minimum absolute atomic E-state index is 0.376. The molecule has 0 aromatic carbocycles. The van der Waals surface area contributed by atoms with Gasteiger partial charge in [0.25, 0.3) is 0 Å². The number of nitrogens with one attached hydrogen (secondary N) is 1. The van der Waals surface area contributed by atoms with Crippen molar-refractivity contribution < 1.29 is 14.4 Å². The summed E-state index contributed by atoms with van der Waals surface area (Å²) >= 11 is 0. The predicted molar refractivity (Wildman–Crippen MR) is 45.1 cm³/mol. The number of rotatable bonds is 5. The van der Waals surface area contributed by atoms with Crippen molar-refractivity contribution >= 4 is 12.0 Å². The zero-order chi connectivity index (χ0) is 10.3. The molecule has 0 saturated carbocycles. The molecular formula is C6H14N4O3. The van der Waals surface area contributed by atoms with Crippen LogP contribution >= 0.6 is 0 Å². The van der Waals surface area contributed by atoms with Gasteiger partial charge in [-0.05, 0) is 12.8 Å². The smallest absolute Gasteiger partial charge is 0.341 e. The lowest BCUT2D eigenvalue weighted by atomic mass is 10.2. The summed E-state index contributed by atoms with van der Waals surface area (Å²) in [6.45, 7) is 0.376. The highest BCUT2D eigenvalue weighted by Crippen LogP contribution is 1.94. The number of carbonyl (C=O) groups is 2. The van der Waals surface area contributed by atoms with Gasteiger partial charge >= 0.3 is 12.0 Å². The van der Waals surface area contributed by atoms with Gasteiger partial charge in [0, 0.05) is 6.54 Å². The molecule has 0 aromatic rings. The minimum atomic E-state index is -0.750. The highest BCUT2D eigenvalue weighted by atomic mass is 16.7. The van der Waals surface area contributed by atoms with Gasteiger partial charge in [0.15, 0.2) is 0 Å². The molecule has 0 rings (SSSR count). The minimum Gasteiger partial charge on any atom is -0.372 e. The molecule has 0 aliphatic rings. The van der Waals surface area contributed by atoms with E-state index in [4.69, 9.17) is 11.5 Å². The van der Waals surface area contributed by atoms with Gasteiger partial charge in [-0.2, -0.15) is 5.90 Å². The molecule has 0 spiro atoms. The van der Waals surface area contributed by atoms with Gasteiger partial charge in [0.05, 0.1) is 0 Å². The number of hydrogen-bond donors (Lipinski definition) is 4. The Bertz CT molecular complexity index is 185. The zero-order valence-corrected chi connectivity index (χ0v) is 7.16. The summed E-state index contributed by atoms with van der Waals surface area (Å²) < 4.78 is 0. The number of carbonyl (C=O) groups excluding carboxylic acids is 2. The number of nitrogens with two attached hydrogens (primary N) is 3. The Morgan fingerprint density at radius 3 is 2.54 bits per heavy atom. The van der Waals surface area contributed by atoms with Crippen molar-refractivity contribution in [3.05, 3.63) is 0 Å². The summed E-state index contributed by atoms with van der Waals surface area (Å²) in [5, 5.41) is 2.36. The van der Waals surface area contributed by atoms with Gasteiger partial charge in [-0.3, -0.25) is 0 Å². The average Bonchev–Trinajstić information content (AvgIpc) is 2.10. The molecule has 7 N–H and O–H groups in total. The van der Waals surface area contributed by atoms with Crippen LogP contribution in [0.4, 0.5) is 4.79 Å². The molecule has 0 aliphatic heterocycles. The van der Waals surface area contributed by atoms with Crippen LogP contribution < -0.4 is 22.7 Å². The lowest BCUT2D eigenvalue weighted by Crippen LogP contribution is -2.35. The third kappa shape index (κ3) is 5.88. The van der Waals surface area contributed by atoms with Gasteiger partial charge < -0.3 is 21.6 Å². The van der Waals surface area contributed by atoms with Crippen LogP contribution in [-0.4, -0.2) is 24.6 Å². The zero-order valence-electron chi connectivity index (χ0n) is 7.16. The van der Waals surface area contributed by atoms with Crippen molar-refractivity contribution in [2.75, 3.05) is 6.54 Å². The molecule has 0 aliphatic carbocycles. The summed E-state index contributed by atoms with van der Waals surface area (Å²) in [6, 6.07) is -1.35. The summed E-state index contributed by atoms with van der Waals surface area (Å²) in [5.41, 5.74) is 10.1. The topological polar surface area (TPSA) is 133 Å². The Balaban J connectivity index is 3.42. The number of urea groups is 1. The first kappa shape index (κ1) is 11.7. The molecule has 0 saturated heterocycles. The highest BCUT2D eigenvalue weighted by molar-refractivity contribution is 5.75. The van der Waals surface area contributed by atoms with E-state index >= 15 is 0 Å². The Hall–Kier alpha value is -1.34. The van der Waals surface area contributed by atoms with Crippen molar-refractivity contribution in [2.45, 2.75) is 18.9 Å². The first-order valence-corrected chi connectivity index (χ1v) is 3.77. The molecule has 1 atom stereocenters. The lowest BCUT2D eigenvalue weighted by Gasteiger charge is -2.07. The standard InChI is InChI=1S/C6H14N4O3/c7-4(5(11)13-9)2-1-3-10-6(8)12/h4H,1-3,7,9H2,(H3,8,10,12)/t4-/m0/s1. The van der Waals surface area contributed by atoms with E-state index in [2.05, 4.69) is 16.1 Å². The molecule has 0 radical (unpaired) electrons. The van der Waals surface area contributed by atoms with Crippen molar-refractivity contribution in [3.8, 4) is 0 Å². The molecule has 76 valence electrons. The third-order valence-corrected chi connectivity index (χ3v) is 1.41. The van der Waals surface area contributed by atoms with Crippen molar-refractivity contribution in [1.82, 2.24) is 5.32 Å². The van der Waals surface area contributed by atoms with E-state index in [1.165, 1.54) is 0 Å². The summed E-state index contributed by atoms with van der Waals surface area (Å²) in [5.74, 6) is 3.94. The number of amides is 2. The lowest BCUT2D eigenvalue weighted by molar-refractivity contribution is -0.145. The summed E-state index contributed by atoms with van der Waals surface area (Å²) in [4.78, 5) is 24.8. The Labute approximate surface area is 75.5 Å². The molecule has 0 heterocycles. The maximum Gasteiger partial charge on any atom is 0.341 e. The molecule has 7 heteroatoms. The molecule has 0 bridgehead atoms. The van der Waals surface area contributed by atoms with Crippen LogP contribution in [0, 0.1) is 0 Å². The van der Waals surface area contributed by atoms with E-state index in [0.717, 1.165) is 0 Å². The second-order valence-electron chi connectivity index (χ2n) is 2.48. The van der Waals surface area contributed by atoms with E-state index < -0.39 is 18.0 Å². The first-order chi connectivity index (χ1) is 6.07. The second kappa shape index (κ2) is 6.21. The molecule has 13 heavy (non-hydrogen) atoms. The van der Waals surface area contributed by atoms with Crippen molar-refractivity contribution in [1.29, 1.82) is 0 Å². The van der Waals surface area contributed by atoms with Crippen LogP contribution in [0.2, 0.25) is 0 Å². The van der Waals surface area contributed by atoms with E-state index in [1.807, 2.05) is 0 Å². The van der Waals surface area contributed by atoms with Crippen LogP contribution in [0.15, 0.2) is 0 Å². The van der Waals surface area contributed by atoms with Crippen LogP contribution in [0.5, 0.6) is 0 Å². The van der Waals surface area contributed by atoms with Gasteiger partial charge in [-0.25, -0.2) is 9.59 Å². The third-order valence-electron chi connectivity index (χ3n) is 1.41. The number of primary amides is 1. The Morgan fingerprint density at radius 1 is 1.46 bits per heavy atom. The van der Waals surface area contributed by atoms with Gasteiger partial charge in [0.2, 0.25) is 0 Å². The fourth-order valence-corrected chi connectivity index (χ4v) is 0.739. The monoisotopic (exact) mass is 190 g/mol. The quantitative estimate of drug-likeness (QED) is 0.299. The van der Waals surface area contributed by atoms with Crippen LogP contribution in [0.1, 0.15) is 12.8 Å². The van der Waals surface area contributed by atoms with Crippen LogP contribution in [0.3, 0.4) is 0 Å². The fourth-order valence-electron chi connectivity index (χ4n) is 0.739. The van der Waals surface area contributed by atoms with Crippen molar-refractivity contribution in [2.24, 2.45) is 17.4 Å². The van der Waals surface area contributed by atoms with Gasteiger partial charge in [-0.15, -0.1) is 0 Å². The van der Waals surface area contributed by atoms with Crippen LogP contribution in [-0.2, 0) is 9.63 Å². The SMILES string of the molecule is NOC(=O)[C@@H](N)CCCNC(N)=O. The maximum atomic E-state index is 10.7. The Kier molecular flexibility index (Phi) is 5.57. The highest BCUT2D eigenvalue weighted by Gasteiger charge is 2.13. The van der Waals surface area contributed by atoms with Gasteiger partial charge in [-0.1, -0.05) is 0 Å². The first-order valence-electron chi connectivity index (χ1n) is 3.77. The molecule has 0 unspecified atom stereocenters. The van der Waals surface area contributed by atoms with E-state index in [9.17, 15) is 9.59 Å².